The van der Waals surface area contributed by atoms with E-state index in [1.54, 1.807) is 0 Å². The zero-order valence-electron chi connectivity index (χ0n) is 6.85. The molecule has 0 heterocycles. The first-order chi connectivity index (χ1) is 5.18. The molecule has 0 saturated heterocycles. The SMILES string of the molecule is CC12CC3C(=N)C4CC1(C2)C34. The predicted molar refractivity (Wildman–Crippen MR) is 42.6 cm³/mol. The molecule has 1 spiro atoms. The van der Waals surface area contributed by atoms with Gasteiger partial charge >= 0.3 is 0 Å². The Kier molecular flexibility index (Phi) is 0.496. The van der Waals surface area contributed by atoms with Gasteiger partial charge in [0.1, 0.15) is 0 Å². The van der Waals surface area contributed by atoms with Crippen molar-refractivity contribution in [3.8, 4) is 0 Å². The van der Waals surface area contributed by atoms with E-state index in [1.165, 1.54) is 19.3 Å². The maximum Gasteiger partial charge on any atom is 0.0158 e. The first-order valence-electron chi connectivity index (χ1n) is 4.76. The van der Waals surface area contributed by atoms with Crippen molar-refractivity contribution in [2.45, 2.75) is 26.2 Å². The average molecular weight is 147 g/mol. The van der Waals surface area contributed by atoms with Crippen molar-refractivity contribution in [3.05, 3.63) is 0 Å². The van der Waals surface area contributed by atoms with E-state index in [9.17, 15) is 0 Å². The van der Waals surface area contributed by atoms with Crippen LogP contribution < -0.4 is 0 Å². The minimum absolute atomic E-state index is 0.710. The summed E-state index contributed by atoms with van der Waals surface area (Å²) in [6.07, 6.45) is 4.27. The molecular formula is C10H13N. The number of hydrogen-bond acceptors (Lipinski definition) is 1. The van der Waals surface area contributed by atoms with Gasteiger partial charge in [-0.05, 0) is 36.0 Å². The highest BCUT2D eigenvalue weighted by Gasteiger charge is 2.85. The van der Waals surface area contributed by atoms with Crippen LogP contribution in [0.5, 0.6) is 0 Å². The molecule has 4 aliphatic rings. The Morgan fingerprint density at radius 3 is 2.82 bits per heavy atom. The Bertz CT molecular complexity index is 295. The smallest absolute Gasteiger partial charge is 0.0158 e. The molecule has 58 valence electrons. The Balaban J connectivity index is 1.89. The van der Waals surface area contributed by atoms with Crippen molar-refractivity contribution >= 4 is 5.71 Å². The molecule has 0 aromatic carbocycles. The molecule has 4 fully saturated rings. The van der Waals surface area contributed by atoms with Crippen molar-refractivity contribution in [3.63, 3.8) is 0 Å². The lowest BCUT2D eigenvalue weighted by Crippen LogP contribution is -2.57. The van der Waals surface area contributed by atoms with E-state index in [4.69, 9.17) is 5.41 Å². The lowest BCUT2D eigenvalue weighted by molar-refractivity contribution is 0.0357. The quantitative estimate of drug-likeness (QED) is 0.542. The zero-order chi connectivity index (χ0) is 7.43. The van der Waals surface area contributed by atoms with Gasteiger partial charge in [-0.2, -0.15) is 0 Å². The summed E-state index contributed by atoms with van der Waals surface area (Å²) in [6, 6.07) is 0. The van der Waals surface area contributed by atoms with Gasteiger partial charge in [-0.3, -0.25) is 0 Å². The van der Waals surface area contributed by atoms with Crippen molar-refractivity contribution in [2.75, 3.05) is 0 Å². The molecule has 0 aromatic heterocycles. The van der Waals surface area contributed by atoms with Crippen LogP contribution in [0.15, 0.2) is 0 Å². The Morgan fingerprint density at radius 1 is 1.36 bits per heavy atom. The van der Waals surface area contributed by atoms with Gasteiger partial charge in [0.25, 0.3) is 0 Å². The van der Waals surface area contributed by atoms with E-state index in [1.807, 2.05) is 0 Å². The Hall–Kier alpha value is -0.330. The fraction of sp³-hybridized carbons (Fsp3) is 0.900. The van der Waals surface area contributed by atoms with E-state index < -0.39 is 0 Å². The Labute approximate surface area is 66.7 Å². The zero-order valence-corrected chi connectivity index (χ0v) is 6.85. The average Bonchev–Trinajstić information content (AvgIpc) is 2.49. The summed E-state index contributed by atoms with van der Waals surface area (Å²) in [5.41, 5.74) is 2.63. The molecule has 5 atom stereocenters. The summed E-state index contributed by atoms with van der Waals surface area (Å²) in [6.45, 7) is 2.45. The predicted octanol–water partition coefficient (Wildman–Crippen LogP) is 2.07. The molecule has 5 unspecified atom stereocenters. The standard InChI is InChI=1S/C10H13N/c1-9-2-5-7-6(8(5)11)3-10(7,9)4-9/h5-7,11H,2-4H2,1H3. The highest BCUT2D eigenvalue weighted by molar-refractivity contribution is 5.96. The Morgan fingerprint density at radius 2 is 2.09 bits per heavy atom. The maximum atomic E-state index is 7.80. The molecule has 0 aliphatic heterocycles. The van der Waals surface area contributed by atoms with Crippen molar-refractivity contribution < 1.29 is 0 Å². The van der Waals surface area contributed by atoms with Gasteiger partial charge in [0.2, 0.25) is 0 Å². The summed E-state index contributed by atoms with van der Waals surface area (Å²) in [5.74, 6) is 2.52. The molecule has 0 amide bonds. The van der Waals surface area contributed by atoms with Crippen molar-refractivity contribution in [1.82, 2.24) is 0 Å². The first kappa shape index (κ1) is 5.34. The van der Waals surface area contributed by atoms with Gasteiger partial charge < -0.3 is 5.41 Å². The molecule has 1 nitrogen and oxygen atoms in total. The third-order valence-corrected chi connectivity index (χ3v) is 5.34. The molecule has 0 radical (unpaired) electrons. The number of hydrogen-bond donors (Lipinski definition) is 1. The van der Waals surface area contributed by atoms with Gasteiger partial charge in [-0.25, -0.2) is 0 Å². The molecule has 4 rings (SSSR count). The maximum absolute atomic E-state index is 7.80. The van der Waals surface area contributed by atoms with Crippen LogP contribution in [0.1, 0.15) is 26.2 Å². The summed E-state index contributed by atoms with van der Waals surface area (Å²) >= 11 is 0. The van der Waals surface area contributed by atoms with Crippen molar-refractivity contribution in [2.24, 2.45) is 28.6 Å². The molecule has 0 aromatic rings. The summed E-state index contributed by atoms with van der Waals surface area (Å²) in [5, 5.41) is 7.80. The molecule has 0 bridgehead atoms. The van der Waals surface area contributed by atoms with Gasteiger partial charge in [-0.1, -0.05) is 6.92 Å². The lowest BCUT2D eigenvalue weighted by Gasteiger charge is -2.56. The van der Waals surface area contributed by atoms with Gasteiger partial charge in [-0.15, -0.1) is 0 Å². The topological polar surface area (TPSA) is 23.9 Å². The minimum Gasteiger partial charge on any atom is -0.309 e. The van der Waals surface area contributed by atoms with Crippen molar-refractivity contribution in [1.29, 1.82) is 5.41 Å². The highest BCUT2D eigenvalue weighted by Crippen LogP contribution is 2.90. The minimum atomic E-state index is 0.710. The van der Waals surface area contributed by atoms with E-state index >= 15 is 0 Å². The molecular weight excluding hydrogens is 134 g/mol. The van der Waals surface area contributed by atoms with E-state index in [0.29, 0.717) is 5.41 Å². The van der Waals surface area contributed by atoms with Crippen LogP contribution in [0.2, 0.25) is 0 Å². The fourth-order valence-electron chi connectivity index (χ4n) is 4.69. The molecule has 11 heavy (non-hydrogen) atoms. The van der Waals surface area contributed by atoms with E-state index in [-0.39, 0.29) is 0 Å². The van der Waals surface area contributed by atoms with E-state index in [2.05, 4.69) is 6.92 Å². The van der Waals surface area contributed by atoms with Gasteiger partial charge in [0.15, 0.2) is 0 Å². The normalized spacial score (nSPS) is 74.6. The molecule has 4 saturated carbocycles. The fourth-order valence-corrected chi connectivity index (χ4v) is 4.69. The number of rotatable bonds is 0. The van der Waals surface area contributed by atoms with Crippen LogP contribution in [0.4, 0.5) is 0 Å². The van der Waals surface area contributed by atoms with E-state index in [0.717, 1.165) is 28.9 Å². The second-order valence-electron chi connectivity index (χ2n) is 5.50. The molecule has 4 aliphatic carbocycles. The third kappa shape index (κ3) is 0.285. The third-order valence-electron chi connectivity index (χ3n) is 5.34. The second-order valence-corrected chi connectivity index (χ2v) is 5.50. The lowest BCUT2D eigenvalue weighted by atomic mass is 9.47. The second kappa shape index (κ2) is 1.02. The van der Waals surface area contributed by atoms with Gasteiger partial charge in [0, 0.05) is 17.5 Å². The molecule has 1 N–H and O–H groups in total. The van der Waals surface area contributed by atoms with Crippen LogP contribution >= 0.6 is 0 Å². The summed E-state index contributed by atoms with van der Waals surface area (Å²) in [4.78, 5) is 0. The van der Waals surface area contributed by atoms with Gasteiger partial charge in [0.05, 0.1) is 0 Å². The summed E-state index contributed by atoms with van der Waals surface area (Å²) < 4.78 is 0. The largest absolute Gasteiger partial charge is 0.309 e. The van der Waals surface area contributed by atoms with Crippen LogP contribution in [-0.4, -0.2) is 5.71 Å². The van der Waals surface area contributed by atoms with Crippen LogP contribution in [0.25, 0.3) is 0 Å². The van der Waals surface area contributed by atoms with Crippen LogP contribution in [-0.2, 0) is 0 Å². The molecule has 1 heteroatoms. The summed E-state index contributed by atoms with van der Waals surface area (Å²) in [7, 11) is 0. The number of nitrogens with one attached hydrogen (secondary N) is 1. The van der Waals surface area contributed by atoms with Crippen LogP contribution in [0, 0.1) is 34.0 Å². The first-order valence-corrected chi connectivity index (χ1v) is 4.76. The highest BCUT2D eigenvalue weighted by atomic mass is 14.9. The monoisotopic (exact) mass is 147 g/mol. The van der Waals surface area contributed by atoms with Crippen LogP contribution in [0.3, 0.4) is 0 Å².